The average molecular weight is 346 g/mol. The molecule has 1 atom stereocenters. The number of fused-ring (bicyclic) bond motifs is 1. The normalized spacial score (nSPS) is 12.2. The van der Waals surface area contributed by atoms with Gasteiger partial charge in [-0.25, -0.2) is 9.67 Å². The van der Waals surface area contributed by atoms with Gasteiger partial charge in [0.15, 0.2) is 0 Å². The number of nitrogens with one attached hydrogen (secondary N) is 1. The van der Waals surface area contributed by atoms with Crippen LogP contribution in [0.5, 0.6) is 0 Å². The number of rotatable bonds is 4. The number of hydrogen-bond acceptors (Lipinski definition) is 4. The summed E-state index contributed by atoms with van der Waals surface area (Å²) in [6, 6.07) is 13.5. The van der Waals surface area contributed by atoms with Gasteiger partial charge < -0.3 is 4.90 Å². The maximum atomic E-state index is 13.0. The molecule has 4 aromatic rings. The highest BCUT2D eigenvalue weighted by Crippen LogP contribution is 2.24. The number of nitrogens with zero attached hydrogens (tertiary/aromatic N) is 5. The smallest absolute Gasteiger partial charge is 0.256 e. The van der Waals surface area contributed by atoms with Crippen LogP contribution in [-0.4, -0.2) is 42.8 Å². The van der Waals surface area contributed by atoms with Gasteiger partial charge in [0, 0.05) is 12.4 Å². The Morgan fingerprint density at radius 1 is 1.19 bits per heavy atom. The molecule has 2 aromatic heterocycles. The van der Waals surface area contributed by atoms with E-state index in [0.717, 1.165) is 22.2 Å². The molecule has 7 nitrogen and oxygen atoms in total. The Labute approximate surface area is 150 Å². The molecule has 1 N–H and O–H groups in total. The quantitative estimate of drug-likeness (QED) is 0.616. The van der Waals surface area contributed by atoms with E-state index in [4.69, 9.17) is 0 Å². The van der Waals surface area contributed by atoms with Crippen molar-refractivity contribution in [1.82, 2.24) is 29.9 Å². The minimum atomic E-state index is -0.0783. The molecule has 2 aromatic carbocycles. The van der Waals surface area contributed by atoms with Crippen molar-refractivity contribution < 1.29 is 4.79 Å². The van der Waals surface area contributed by atoms with Gasteiger partial charge in [0.25, 0.3) is 5.91 Å². The molecule has 0 spiro atoms. The van der Waals surface area contributed by atoms with Crippen LogP contribution in [0, 0.1) is 0 Å². The molecule has 1 unspecified atom stereocenters. The van der Waals surface area contributed by atoms with Crippen molar-refractivity contribution in [3.8, 4) is 5.69 Å². The summed E-state index contributed by atoms with van der Waals surface area (Å²) in [6.07, 6.45) is 4.87. The predicted octanol–water partition coefficient (Wildman–Crippen LogP) is 2.98. The number of carbonyl (C=O) groups is 1. The van der Waals surface area contributed by atoms with Gasteiger partial charge >= 0.3 is 0 Å². The number of aromatic nitrogens is 5. The van der Waals surface area contributed by atoms with Crippen molar-refractivity contribution in [3.05, 3.63) is 72.4 Å². The summed E-state index contributed by atoms with van der Waals surface area (Å²) in [4.78, 5) is 18.7. The fourth-order valence-corrected chi connectivity index (χ4v) is 2.98. The molecule has 130 valence electrons. The lowest BCUT2D eigenvalue weighted by molar-refractivity contribution is 0.0744. The van der Waals surface area contributed by atoms with Gasteiger partial charge in [-0.3, -0.25) is 9.89 Å². The van der Waals surface area contributed by atoms with E-state index >= 15 is 0 Å². The Bertz CT molecular complexity index is 1040. The lowest BCUT2D eigenvalue weighted by Gasteiger charge is -2.25. The number of aromatic amines is 1. The summed E-state index contributed by atoms with van der Waals surface area (Å²) < 4.78 is 1.70. The summed E-state index contributed by atoms with van der Waals surface area (Å²) >= 11 is 0. The maximum absolute atomic E-state index is 13.0. The molecular weight excluding hydrogens is 328 g/mol. The van der Waals surface area contributed by atoms with Gasteiger partial charge in [-0.1, -0.05) is 24.3 Å². The standard InChI is InChI=1S/C19H18N6O/c1-13(14-6-8-16(9-7-14)25-12-20-11-22-25)24(2)19(26)17-5-3-4-15-10-21-23-18(15)17/h3-13H,1-2H3,(H,21,23). The molecule has 2 heterocycles. The fraction of sp³-hybridized carbons (Fsp3) is 0.158. The highest BCUT2D eigenvalue weighted by Gasteiger charge is 2.21. The first kappa shape index (κ1) is 16.0. The van der Waals surface area contributed by atoms with E-state index in [1.807, 2.05) is 56.4 Å². The Balaban J connectivity index is 1.58. The molecule has 1 amide bonds. The van der Waals surface area contributed by atoms with Gasteiger partial charge in [-0.2, -0.15) is 10.2 Å². The number of amides is 1. The molecule has 0 aliphatic heterocycles. The Morgan fingerprint density at radius 2 is 2.00 bits per heavy atom. The summed E-state index contributed by atoms with van der Waals surface area (Å²) in [5, 5.41) is 12.0. The van der Waals surface area contributed by atoms with E-state index < -0.39 is 0 Å². The van der Waals surface area contributed by atoms with Crippen molar-refractivity contribution in [1.29, 1.82) is 0 Å². The molecule has 0 saturated heterocycles. The van der Waals surface area contributed by atoms with Gasteiger partial charge in [-0.15, -0.1) is 0 Å². The molecule has 0 radical (unpaired) electrons. The summed E-state index contributed by atoms with van der Waals surface area (Å²) in [5.41, 5.74) is 3.35. The van der Waals surface area contributed by atoms with Gasteiger partial charge in [-0.05, 0) is 30.7 Å². The van der Waals surface area contributed by atoms with Crippen LogP contribution in [0.1, 0.15) is 28.9 Å². The largest absolute Gasteiger partial charge is 0.335 e. The molecule has 0 fully saturated rings. The van der Waals surface area contributed by atoms with Crippen molar-refractivity contribution in [3.63, 3.8) is 0 Å². The molecule has 4 rings (SSSR count). The van der Waals surface area contributed by atoms with E-state index in [-0.39, 0.29) is 11.9 Å². The molecule has 26 heavy (non-hydrogen) atoms. The third-order valence-electron chi connectivity index (χ3n) is 4.67. The van der Waals surface area contributed by atoms with Crippen LogP contribution in [0.15, 0.2) is 61.3 Å². The van der Waals surface area contributed by atoms with Crippen molar-refractivity contribution in [2.24, 2.45) is 0 Å². The van der Waals surface area contributed by atoms with Gasteiger partial charge in [0.2, 0.25) is 0 Å². The number of hydrogen-bond donors (Lipinski definition) is 1. The second-order valence-electron chi connectivity index (χ2n) is 6.16. The monoisotopic (exact) mass is 346 g/mol. The number of H-pyrrole nitrogens is 1. The van der Waals surface area contributed by atoms with E-state index in [1.54, 1.807) is 22.1 Å². The summed E-state index contributed by atoms with van der Waals surface area (Å²) in [7, 11) is 1.81. The van der Waals surface area contributed by atoms with Crippen LogP contribution in [0.4, 0.5) is 0 Å². The fourth-order valence-electron chi connectivity index (χ4n) is 2.98. The lowest BCUT2D eigenvalue weighted by atomic mass is 10.0. The lowest BCUT2D eigenvalue weighted by Crippen LogP contribution is -2.29. The highest BCUT2D eigenvalue weighted by molar-refractivity contribution is 6.05. The summed E-state index contributed by atoms with van der Waals surface area (Å²) in [6.45, 7) is 2.01. The van der Waals surface area contributed by atoms with E-state index in [9.17, 15) is 4.79 Å². The second-order valence-corrected chi connectivity index (χ2v) is 6.16. The molecule has 0 bridgehead atoms. The molecule has 0 saturated carbocycles. The molecule has 7 heteroatoms. The first-order valence-electron chi connectivity index (χ1n) is 8.29. The van der Waals surface area contributed by atoms with Gasteiger partial charge in [0.1, 0.15) is 12.7 Å². The second kappa shape index (κ2) is 6.44. The molecule has 0 aliphatic carbocycles. The zero-order chi connectivity index (χ0) is 18.1. The van der Waals surface area contributed by atoms with Crippen LogP contribution in [0.3, 0.4) is 0 Å². The first-order valence-corrected chi connectivity index (χ1v) is 8.29. The van der Waals surface area contributed by atoms with Crippen molar-refractivity contribution in [2.75, 3.05) is 7.05 Å². The Morgan fingerprint density at radius 3 is 2.73 bits per heavy atom. The zero-order valence-electron chi connectivity index (χ0n) is 14.5. The van der Waals surface area contributed by atoms with Crippen LogP contribution in [0.2, 0.25) is 0 Å². The third-order valence-corrected chi connectivity index (χ3v) is 4.67. The molecule has 0 aliphatic rings. The topological polar surface area (TPSA) is 79.7 Å². The first-order chi connectivity index (χ1) is 12.6. The minimum Gasteiger partial charge on any atom is -0.335 e. The maximum Gasteiger partial charge on any atom is 0.256 e. The number of carbonyl (C=O) groups excluding carboxylic acids is 1. The number of benzene rings is 2. The van der Waals surface area contributed by atoms with Crippen LogP contribution in [-0.2, 0) is 0 Å². The van der Waals surface area contributed by atoms with Crippen molar-refractivity contribution in [2.45, 2.75) is 13.0 Å². The van der Waals surface area contributed by atoms with Crippen molar-refractivity contribution >= 4 is 16.8 Å². The Kier molecular flexibility index (Phi) is 3.96. The van der Waals surface area contributed by atoms with Crippen LogP contribution >= 0.6 is 0 Å². The van der Waals surface area contributed by atoms with E-state index in [2.05, 4.69) is 20.3 Å². The van der Waals surface area contributed by atoms with Crippen LogP contribution in [0.25, 0.3) is 16.6 Å². The highest BCUT2D eigenvalue weighted by atomic mass is 16.2. The van der Waals surface area contributed by atoms with Gasteiger partial charge in [0.05, 0.1) is 29.0 Å². The van der Waals surface area contributed by atoms with E-state index in [1.165, 1.54) is 6.33 Å². The Hall–Kier alpha value is -3.48. The predicted molar refractivity (Wildman–Crippen MR) is 98.0 cm³/mol. The average Bonchev–Trinajstić information content (AvgIpc) is 3.37. The summed E-state index contributed by atoms with van der Waals surface area (Å²) in [5.74, 6) is -0.0484. The minimum absolute atomic E-state index is 0.0484. The van der Waals surface area contributed by atoms with Crippen LogP contribution < -0.4 is 0 Å². The number of para-hydroxylation sites is 1. The molecular formula is C19H18N6O. The SMILES string of the molecule is CC(c1ccc(-n2cncn2)cc1)N(C)C(=O)c1cccc2cn[nH]c12. The zero-order valence-corrected chi connectivity index (χ0v) is 14.5. The third kappa shape index (κ3) is 2.73. The van der Waals surface area contributed by atoms with E-state index in [0.29, 0.717) is 5.56 Å².